The van der Waals surface area contributed by atoms with E-state index in [0.717, 1.165) is 12.3 Å². The van der Waals surface area contributed by atoms with E-state index in [1.165, 1.54) is 0 Å². The van der Waals surface area contributed by atoms with Crippen LogP contribution < -0.4 is 15.4 Å². The molecule has 0 saturated heterocycles. The van der Waals surface area contributed by atoms with Gasteiger partial charge in [0.25, 0.3) is 0 Å². The van der Waals surface area contributed by atoms with Gasteiger partial charge in [0.15, 0.2) is 0 Å². The van der Waals surface area contributed by atoms with Gasteiger partial charge in [-0.25, -0.2) is 0 Å². The van der Waals surface area contributed by atoms with Gasteiger partial charge in [0.2, 0.25) is 5.91 Å². The molecule has 1 aromatic carbocycles. The zero-order valence-corrected chi connectivity index (χ0v) is 13.8. The van der Waals surface area contributed by atoms with E-state index in [0.29, 0.717) is 18.2 Å². The molecule has 1 amide bonds. The number of halogens is 1. The quantitative estimate of drug-likeness (QED) is 0.684. The van der Waals surface area contributed by atoms with Crippen molar-refractivity contribution in [1.29, 1.82) is 0 Å². The zero-order valence-electron chi connectivity index (χ0n) is 13.0. The summed E-state index contributed by atoms with van der Waals surface area (Å²) in [5, 5.41) is 10.8. The average Bonchev–Trinajstić information content (AvgIpc) is 3.04. The molecule has 0 saturated carbocycles. The van der Waals surface area contributed by atoms with Crippen LogP contribution in [-0.4, -0.2) is 41.4 Å². The molecule has 0 fully saturated rings. The van der Waals surface area contributed by atoms with Crippen LogP contribution in [-0.2, 0) is 11.3 Å². The lowest BCUT2D eigenvalue weighted by atomic mass is 10.3. The SMILES string of the molecule is CC(Cn1cccn1)NCC(=O)NCCOc1ccc(Cl)cc1. The molecule has 0 aliphatic heterocycles. The van der Waals surface area contributed by atoms with Crippen LogP contribution in [0.25, 0.3) is 0 Å². The maximum absolute atomic E-state index is 11.7. The predicted molar refractivity (Wildman–Crippen MR) is 89.6 cm³/mol. The van der Waals surface area contributed by atoms with Crippen LogP contribution in [0.1, 0.15) is 6.92 Å². The van der Waals surface area contributed by atoms with Gasteiger partial charge in [-0.05, 0) is 37.3 Å². The Morgan fingerprint density at radius 2 is 2.17 bits per heavy atom. The van der Waals surface area contributed by atoms with Crippen molar-refractivity contribution in [2.45, 2.75) is 19.5 Å². The number of aromatic nitrogens is 2. The number of ether oxygens (including phenoxy) is 1. The Balaban J connectivity index is 1.55. The number of rotatable bonds is 9. The average molecular weight is 337 g/mol. The van der Waals surface area contributed by atoms with Gasteiger partial charge in [-0.3, -0.25) is 9.48 Å². The number of hydrogen-bond donors (Lipinski definition) is 2. The van der Waals surface area contributed by atoms with Crippen molar-refractivity contribution in [2.24, 2.45) is 0 Å². The van der Waals surface area contributed by atoms with Crippen LogP contribution in [0.3, 0.4) is 0 Å². The minimum absolute atomic E-state index is 0.0583. The van der Waals surface area contributed by atoms with Gasteiger partial charge in [-0.1, -0.05) is 11.6 Å². The Morgan fingerprint density at radius 3 is 2.87 bits per heavy atom. The fourth-order valence-corrected chi connectivity index (χ4v) is 2.10. The van der Waals surface area contributed by atoms with E-state index in [1.807, 2.05) is 23.9 Å². The number of hydrogen-bond acceptors (Lipinski definition) is 4. The summed E-state index contributed by atoms with van der Waals surface area (Å²) >= 11 is 5.79. The minimum atomic E-state index is -0.0583. The number of amides is 1. The lowest BCUT2D eigenvalue weighted by Gasteiger charge is -2.14. The van der Waals surface area contributed by atoms with Crippen molar-refractivity contribution in [2.75, 3.05) is 19.7 Å². The van der Waals surface area contributed by atoms with E-state index in [1.54, 1.807) is 30.5 Å². The molecule has 6 nitrogen and oxygen atoms in total. The monoisotopic (exact) mass is 336 g/mol. The maximum atomic E-state index is 11.7. The van der Waals surface area contributed by atoms with Gasteiger partial charge >= 0.3 is 0 Å². The van der Waals surface area contributed by atoms with Gasteiger partial charge in [0.05, 0.1) is 19.6 Å². The lowest BCUT2D eigenvalue weighted by molar-refractivity contribution is -0.120. The van der Waals surface area contributed by atoms with Crippen LogP contribution in [0.4, 0.5) is 0 Å². The van der Waals surface area contributed by atoms with Gasteiger partial charge in [-0.15, -0.1) is 0 Å². The van der Waals surface area contributed by atoms with Crippen LogP contribution in [0.2, 0.25) is 5.02 Å². The molecule has 1 atom stereocenters. The van der Waals surface area contributed by atoms with E-state index in [2.05, 4.69) is 15.7 Å². The molecular weight excluding hydrogens is 316 g/mol. The molecule has 1 aromatic heterocycles. The Hall–Kier alpha value is -2.05. The van der Waals surface area contributed by atoms with Crippen LogP contribution in [0.15, 0.2) is 42.7 Å². The van der Waals surface area contributed by atoms with E-state index < -0.39 is 0 Å². The third kappa shape index (κ3) is 6.71. The summed E-state index contributed by atoms with van der Waals surface area (Å²) in [6.45, 7) is 3.87. The largest absolute Gasteiger partial charge is 0.492 e. The maximum Gasteiger partial charge on any atom is 0.234 e. The number of benzene rings is 1. The van der Waals surface area contributed by atoms with Gasteiger partial charge in [-0.2, -0.15) is 5.10 Å². The second-order valence-corrected chi connectivity index (χ2v) is 5.60. The molecule has 0 radical (unpaired) electrons. The first-order valence-corrected chi connectivity index (χ1v) is 7.87. The highest BCUT2D eigenvalue weighted by Gasteiger charge is 2.06. The Bertz CT molecular complexity index is 587. The third-order valence-corrected chi connectivity index (χ3v) is 3.39. The van der Waals surface area contributed by atoms with Crippen molar-refractivity contribution in [3.63, 3.8) is 0 Å². The minimum Gasteiger partial charge on any atom is -0.492 e. The smallest absolute Gasteiger partial charge is 0.234 e. The van der Waals surface area contributed by atoms with E-state index in [9.17, 15) is 4.79 Å². The highest BCUT2D eigenvalue weighted by atomic mass is 35.5. The summed E-state index contributed by atoms with van der Waals surface area (Å²) in [6.07, 6.45) is 3.63. The first-order chi connectivity index (χ1) is 11.1. The summed E-state index contributed by atoms with van der Waals surface area (Å²) in [4.78, 5) is 11.7. The molecule has 0 aliphatic rings. The van der Waals surface area contributed by atoms with Gasteiger partial charge in [0, 0.05) is 23.5 Å². The van der Waals surface area contributed by atoms with Gasteiger partial charge in [0.1, 0.15) is 12.4 Å². The summed E-state index contributed by atoms with van der Waals surface area (Å²) < 4.78 is 7.33. The standard InChI is InChI=1S/C16H21ClN4O2/c1-13(12-21-9-2-7-20-21)19-11-16(22)18-8-10-23-15-5-3-14(17)4-6-15/h2-7,9,13,19H,8,10-12H2,1H3,(H,18,22). The Morgan fingerprint density at radius 1 is 1.39 bits per heavy atom. The second-order valence-electron chi connectivity index (χ2n) is 5.16. The number of nitrogens with zero attached hydrogens (tertiary/aromatic N) is 2. The summed E-state index contributed by atoms with van der Waals surface area (Å²) in [7, 11) is 0. The van der Waals surface area contributed by atoms with Crippen molar-refractivity contribution >= 4 is 17.5 Å². The normalized spacial score (nSPS) is 11.9. The van der Waals surface area contributed by atoms with Gasteiger partial charge < -0.3 is 15.4 Å². The molecule has 1 heterocycles. The summed E-state index contributed by atoms with van der Waals surface area (Å²) in [5.41, 5.74) is 0. The van der Waals surface area contributed by atoms with E-state index in [4.69, 9.17) is 16.3 Å². The fourth-order valence-electron chi connectivity index (χ4n) is 1.97. The molecule has 0 aliphatic carbocycles. The summed E-state index contributed by atoms with van der Waals surface area (Å²) in [6, 6.07) is 9.15. The number of carbonyl (C=O) groups excluding carboxylic acids is 1. The predicted octanol–water partition coefficient (Wildman–Crippen LogP) is 1.71. The molecule has 124 valence electrons. The Labute approximate surface area is 140 Å². The molecule has 0 bridgehead atoms. The van der Waals surface area contributed by atoms with Crippen LogP contribution >= 0.6 is 11.6 Å². The summed E-state index contributed by atoms with van der Waals surface area (Å²) in [5.74, 6) is 0.673. The van der Waals surface area contributed by atoms with Crippen molar-refractivity contribution in [3.8, 4) is 5.75 Å². The molecule has 2 rings (SSSR count). The fraction of sp³-hybridized carbons (Fsp3) is 0.375. The molecule has 2 aromatic rings. The Kier molecular flexibility index (Phi) is 6.90. The van der Waals surface area contributed by atoms with E-state index >= 15 is 0 Å². The third-order valence-electron chi connectivity index (χ3n) is 3.14. The molecular formula is C16H21ClN4O2. The van der Waals surface area contributed by atoms with E-state index in [-0.39, 0.29) is 18.5 Å². The topological polar surface area (TPSA) is 68.2 Å². The molecule has 7 heteroatoms. The van der Waals surface area contributed by atoms with Crippen LogP contribution in [0.5, 0.6) is 5.75 Å². The first-order valence-electron chi connectivity index (χ1n) is 7.49. The molecule has 1 unspecified atom stereocenters. The van der Waals surface area contributed by atoms with Crippen molar-refractivity contribution in [3.05, 3.63) is 47.7 Å². The highest BCUT2D eigenvalue weighted by Crippen LogP contribution is 2.14. The lowest BCUT2D eigenvalue weighted by Crippen LogP contribution is -2.40. The zero-order chi connectivity index (χ0) is 16.5. The molecule has 2 N–H and O–H groups in total. The molecule has 23 heavy (non-hydrogen) atoms. The number of nitrogens with one attached hydrogen (secondary N) is 2. The highest BCUT2D eigenvalue weighted by molar-refractivity contribution is 6.30. The second kappa shape index (κ2) is 9.17. The van der Waals surface area contributed by atoms with Crippen molar-refractivity contribution in [1.82, 2.24) is 20.4 Å². The number of carbonyl (C=O) groups is 1. The van der Waals surface area contributed by atoms with Crippen LogP contribution in [0, 0.1) is 0 Å². The van der Waals surface area contributed by atoms with Crippen molar-refractivity contribution < 1.29 is 9.53 Å². The molecule has 0 spiro atoms. The first kappa shape index (κ1) is 17.3.